The van der Waals surface area contributed by atoms with Crippen molar-refractivity contribution < 1.29 is 22.7 Å². The minimum Gasteiger partial charge on any atom is -0.406 e. The average molecular weight is 306 g/mol. The lowest BCUT2D eigenvalue weighted by atomic mass is 10.3. The van der Waals surface area contributed by atoms with Gasteiger partial charge in [0.1, 0.15) is 5.75 Å². The van der Waals surface area contributed by atoms with Gasteiger partial charge in [-0.2, -0.15) is 0 Å². The van der Waals surface area contributed by atoms with E-state index in [4.69, 9.17) is 11.6 Å². The first-order chi connectivity index (χ1) is 9.28. The van der Waals surface area contributed by atoms with Crippen LogP contribution in [0.15, 0.2) is 24.3 Å². The maximum atomic E-state index is 12.0. The van der Waals surface area contributed by atoms with Gasteiger partial charge >= 0.3 is 6.36 Å². The molecule has 1 aromatic heterocycles. The van der Waals surface area contributed by atoms with E-state index in [0.29, 0.717) is 5.69 Å². The molecule has 0 saturated carbocycles. The van der Waals surface area contributed by atoms with Gasteiger partial charge in [-0.05, 0) is 24.3 Å². The van der Waals surface area contributed by atoms with Crippen LogP contribution >= 0.6 is 11.6 Å². The van der Waals surface area contributed by atoms with E-state index in [-0.39, 0.29) is 22.4 Å². The van der Waals surface area contributed by atoms with Crippen LogP contribution in [0.1, 0.15) is 17.4 Å². The van der Waals surface area contributed by atoms with Gasteiger partial charge in [0.25, 0.3) is 0 Å². The number of carbonyl (C=O) groups excluding carboxylic acids is 1. The Kier molecular flexibility index (Phi) is 3.67. The Balaban J connectivity index is 2.29. The number of carbonyl (C=O) groups is 1. The first kappa shape index (κ1) is 14.3. The van der Waals surface area contributed by atoms with Gasteiger partial charge in [0.2, 0.25) is 0 Å². The van der Waals surface area contributed by atoms with Crippen molar-refractivity contribution >= 4 is 17.4 Å². The average Bonchev–Trinajstić information content (AvgIpc) is 2.70. The third kappa shape index (κ3) is 3.08. The number of aromatic nitrogens is 3. The van der Waals surface area contributed by atoms with Crippen molar-refractivity contribution in [3.63, 3.8) is 0 Å². The molecule has 0 aliphatic heterocycles. The highest BCUT2D eigenvalue weighted by atomic mass is 35.5. The molecule has 2 aromatic rings. The molecule has 0 atom stereocenters. The van der Waals surface area contributed by atoms with E-state index >= 15 is 0 Å². The van der Waals surface area contributed by atoms with Crippen LogP contribution in [0, 0.1) is 0 Å². The summed E-state index contributed by atoms with van der Waals surface area (Å²) in [5.41, 5.74) is 0.340. The van der Waals surface area contributed by atoms with Gasteiger partial charge in [0, 0.05) is 6.92 Å². The molecule has 20 heavy (non-hydrogen) atoms. The van der Waals surface area contributed by atoms with Crippen molar-refractivity contribution in [3.05, 3.63) is 35.1 Å². The Morgan fingerprint density at radius 2 is 1.90 bits per heavy atom. The van der Waals surface area contributed by atoms with Gasteiger partial charge in [-0.25, -0.2) is 4.68 Å². The Morgan fingerprint density at radius 1 is 1.30 bits per heavy atom. The number of benzene rings is 1. The highest BCUT2D eigenvalue weighted by molar-refractivity contribution is 6.32. The van der Waals surface area contributed by atoms with Gasteiger partial charge in [-0.1, -0.05) is 16.8 Å². The lowest BCUT2D eigenvalue weighted by Crippen LogP contribution is -2.17. The Morgan fingerprint density at radius 3 is 2.35 bits per heavy atom. The van der Waals surface area contributed by atoms with E-state index in [2.05, 4.69) is 15.0 Å². The highest BCUT2D eigenvalue weighted by Gasteiger charge is 2.31. The van der Waals surface area contributed by atoms with Crippen LogP contribution in [0.5, 0.6) is 5.75 Å². The first-order valence-corrected chi connectivity index (χ1v) is 5.64. The second-order valence-electron chi connectivity index (χ2n) is 3.74. The summed E-state index contributed by atoms with van der Waals surface area (Å²) in [6.07, 6.45) is -4.76. The van der Waals surface area contributed by atoms with Crippen LogP contribution in [-0.2, 0) is 0 Å². The molecule has 0 aliphatic carbocycles. The van der Waals surface area contributed by atoms with Gasteiger partial charge < -0.3 is 4.74 Å². The highest BCUT2D eigenvalue weighted by Crippen LogP contribution is 2.25. The summed E-state index contributed by atoms with van der Waals surface area (Å²) in [4.78, 5) is 11.2. The molecule has 1 aromatic carbocycles. The molecule has 0 spiro atoms. The molecular formula is C11H7ClF3N3O2. The Hall–Kier alpha value is -2.09. The fourth-order valence-electron chi connectivity index (χ4n) is 1.44. The quantitative estimate of drug-likeness (QED) is 0.818. The normalized spacial score (nSPS) is 11.4. The van der Waals surface area contributed by atoms with Gasteiger partial charge in [0.15, 0.2) is 16.6 Å². The van der Waals surface area contributed by atoms with E-state index < -0.39 is 6.36 Å². The second-order valence-corrected chi connectivity index (χ2v) is 4.10. The molecule has 0 amide bonds. The Labute approximate surface area is 115 Å². The van der Waals surface area contributed by atoms with Gasteiger partial charge in [-0.15, -0.1) is 18.3 Å². The second kappa shape index (κ2) is 5.12. The smallest absolute Gasteiger partial charge is 0.406 e. The van der Waals surface area contributed by atoms with E-state index in [9.17, 15) is 18.0 Å². The lowest BCUT2D eigenvalue weighted by molar-refractivity contribution is -0.274. The summed E-state index contributed by atoms with van der Waals surface area (Å²) >= 11 is 5.91. The van der Waals surface area contributed by atoms with Crippen LogP contribution in [0.3, 0.4) is 0 Å². The molecule has 0 aliphatic rings. The number of rotatable bonds is 3. The van der Waals surface area contributed by atoms with Crippen LogP contribution in [0.2, 0.25) is 5.15 Å². The van der Waals surface area contributed by atoms with Crippen molar-refractivity contribution in [1.82, 2.24) is 15.0 Å². The standard InChI is InChI=1S/C11H7ClF3N3O2/c1-6(19)9-10(12)18(17-16-9)7-2-4-8(5-3-7)20-11(13,14)15/h2-5H,1H3. The third-order valence-corrected chi connectivity index (χ3v) is 2.60. The summed E-state index contributed by atoms with van der Waals surface area (Å²) in [5, 5.41) is 7.24. The largest absolute Gasteiger partial charge is 0.573 e. The zero-order valence-electron chi connectivity index (χ0n) is 9.98. The third-order valence-electron chi connectivity index (χ3n) is 2.26. The molecule has 0 bridgehead atoms. The minimum absolute atomic E-state index is 0.0118. The van der Waals surface area contributed by atoms with Crippen molar-refractivity contribution in [2.24, 2.45) is 0 Å². The summed E-state index contributed by atoms with van der Waals surface area (Å²) in [6, 6.07) is 4.83. The number of halogens is 4. The fourth-order valence-corrected chi connectivity index (χ4v) is 1.74. The predicted octanol–water partition coefficient (Wildman–Crippen LogP) is 3.02. The van der Waals surface area contributed by atoms with E-state index in [0.717, 1.165) is 16.8 Å². The number of alkyl halides is 3. The fraction of sp³-hybridized carbons (Fsp3) is 0.182. The van der Waals surface area contributed by atoms with Crippen molar-refractivity contribution in [3.8, 4) is 11.4 Å². The molecule has 106 valence electrons. The molecule has 5 nitrogen and oxygen atoms in total. The summed E-state index contributed by atoms with van der Waals surface area (Å²) in [7, 11) is 0. The molecule has 0 N–H and O–H groups in total. The SMILES string of the molecule is CC(=O)c1nnn(-c2ccc(OC(F)(F)F)cc2)c1Cl. The number of ketones is 1. The summed E-state index contributed by atoms with van der Waals surface area (Å²) < 4.78 is 40.9. The number of Topliss-reactive ketones (excluding diaryl/α,β-unsaturated/α-hetero) is 1. The number of nitrogens with zero attached hydrogens (tertiary/aromatic N) is 3. The zero-order valence-corrected chi connectivity index (χ0v) is 10.7. The van der Waals surface area contributed by atoms with E-state index in [1.54, 1.807) is 0 Å². The topological polar surface area (TPSA) is 57.0 Å². The number of hydrogen-bond acceptors (Lipinski definition) is 4. The monoisotopic (exact) mass is 305 g/mol. The molecule has 9 heteroatoms. The van der Waals surface area contributed by atoms with Gasteiger partial charge in [0.05, 0.1) is 5.69 Å². The first-order valence-electron chi connectivity index (χ1n) is 5.26. The zero-order chi connectivity index (χ0) is 14.9. The number of hydrogen-bond donors (Lipinski definition) is 0. The summed E-state index contributed by atoms with van der Waals surface area (Å²) in [6.45, 7) is 1.28. The van der Waals surface area contributed by atoms with Crippen molar-refractivity contribution in [2.45, 2.75) is 13.3 Å². The maximum Gasteiger partial charge on any atom is 0.573 e. The Bertz CT molecular complexity index is 637. The molecule has 0 fully saturated rings. The van der Waals surface area contributed by atoms with Crippen LogP contribution < -0.4 is 4.74 Å². The summed E-state index contributed by atoms with van der Waals surface area (Å²) in [5.74, 6) is -0.734. The van der Waals surface area contributed by atoms with Crippen molar-refractivity contribution in [1.29, 1.82) is 0 Å². The minimum atomic E-state index is -4.76. The molecule has 1 heterocycles. The number of ether oxygens (including phenoxy) is 1. The van der Waals surface area contributed by atoms with E-state index in [1.807, 2.05) is 0 Å². The molecular weight excluding hydrogens is 299 g/mol. The molecule has 0 saturated heterocycles. The van der Waals surface area contributed by atoms with Crippen LogP contribution in [-0.4, -0.2) is 27.1 Å². The van der Waals surface area contributed by atoms with E-state index in [1.165, 1.54) is 19.1 Å². The van der Waals surface area contributed by atoms with Gasteiger partial charge in [-0.3, -0.25) is 4.79 Å². The maximum absolute atomic E-state index is 12.0. The molecule has 2 rings (SSSR count). The van der Waals surface area contributed by atoms with Crippen LogP contribution in [0.25, 0.3) is 5.69 Å². The van der Waals surface area contributed by atoms with Crippen LogP contribution in [0.4, 0.5) is 13.2 Å². The molecule has 0 radical (unpaired) electrons. The lowest BCUT2D eigenvalue weighted by Gasteiger charge is -2.09. The van der Waals surface area contributed by atoms with Crippen molar-refractivity contribution in [2.75, 3.05) is 0 Å². The molecule has 0 unspecified atom stereocenters. The predicted molar refractivity (Wildman–Crippen MR) is 63.1 cm³/mol.